The van der Waals surface area contributed by atoms with Crippen LogP contribution in [0.2, 0.25) is 5.02 Å². The minimum Gasteiger partial charge on any atom is -0.379 e. The van der Waals surface area contributed by atoms with E-state index in [-0.39, 0.29) is 6.04 Å². The summed E-state index contributed by atoms with van der Waals surface area (Å²) in [6, 6.07) is 26.5. The molecule has 27 heavy (non-hydrogen) atoms. The van der Waals surface area contributed by atoms with E-state index in [0.29, 0.717) is 5.02 Å². The van der Waals surface area contributed by atoms with E-state index in [4.69, 9.17) is 17.3 Å². The van der Waals surface area contributed by atoms with Gasteiger partial charge in [0.1, 0.15) is 0 Å². The van der Waals surface area contributed by atoms with E-state index in [9.17, 15) is 0 Å². The average Bonchev–Trinajstić information content (AvgIpc) is 3.12. The van der Waals surface area contributed by atoms with Crippen molar-refractivity contribution in [3.63, 3.8) is 0 Å². The number of nitrogens with one attached hydrogen (secondary N) is 2. The second kappa shape index (κ2) is 7.87. The summed E-state index contributed by atoms with van der Waals surface area (Å²) in [6.07, 6.45) is 0.786. The molecule has 4 aromatic rings. The monoisotopic (exact) mass is 375 g/mol. The number of aromatic amines is 1. The molecule has 0 aliphatic carbocycles. The molecule has 1 atom stereocenters. The third kappa shape index (κ3) is 4.16. The predicted octanol–water partition coefficient (Wildman–Crippen LogP) is 5.68. The van der Waals surface area contributed by atoms with E-state index < -0.39 is 0 Å². The number of H-pyrrole nitrogens is 1. The lowest BCUT2D eigenvalue weighted by Crippen LogP contribution is -2.13. The Hall–Kier alpha value is -2.75. The molecule has 0 aliphatic heterocycles. The fourth-order valence-electron chi connectivity index (χ4n) is 3.34. The Labute approximate surface area is 164 Å². The Morgan fingerprint density at radius 1 is 0.889 bits per heavy atom. The Kier molecular flexibility index (Phi) is 5.14. The first kappa shape index (κ1) is 17.7. The number of aromatic nitrogens is 1. The van der Waals surface area contributed by atoms with Gasteiger partial charge in [-0.15, -0.1) is 0 Å². The van der Waals surface area contributed by atoms with Crippen molar-refractivity contribution in [1.29, 1.82) is 0 Å². The highest BCUT2D eigenvalue weighted by Gasteiger charge is 2.13. The van der Waals surface area contributed by atoms with Gasteiger partial charge in [-0.05, 0) is 35.7 Å². The van der Waals surface area contributed by atoms with Crippen LogP contribution in [0.3, 0.4) is 0 Å². The maximum Gasteiger partial charge on any atom is 0.0693 e. The number of benzene rings is 3. The molecule has 4 heteroatoms. The number of fused-ring (bicyclic) bond motifs is 1. The molecule has 0 aliphatic rings. The predicted molar refractivity (Wildman–Crippen MR) is 114 cm³/mol. The van der Waals surface area contributed by atoms with Gasteiger partial charge in [0, 0.05) is 28.7 Å². The molecule has 0 saturated heterocycles. The minimum atomic E-state index is -0.0967. The first-order valence-corrected chi connectivity index (χ1v) is 9.46. The van der Waals surface area contributed by atoms with E-state index in [1.54, 1.807) is 0 Å². The topological polar surface area (TPSA) is 53.8 Å². The standard InChI is InChI=1S/C23H22ClN3/c24-19-12-18-13-21(20(25)11-16-7-3-1-4-8-16)27-23(18)22(14-19)26-15-17-9-5-2-6-10-17/h1-10,12-14,20,26-27H,11,15,25H2/t20-/m0/s1. The highest BCUT2D eigenvalue weighted by atomic mass is 35.5. The van der Waals surface area contributed by atoms with Crippen molar-refractivity contribution in [1.82, 2.24) is 4.98 Å². The van der Waals surface area contributed by atoms with E-state index in [1.165, 1.54) is 11.1 Å². The molecule has 0 saturated carbocycles. The molecule has 3 nitrogen and oxygen atoms in total. The Morgan fingerprint density at radius 3 is 2.26 bits per heavy atom. The molecule has 3 aromatic carbocycles. The maximum absolute atomic E-state index is 6.46. The van der Waals surface area contributed by atoms with Crippen molar-refractivity contribution in [2.24, 2.45) is 5.73 Å². The van der Waals surface area contributed by atoms with E-state index >= 15 is 0 Å². The smallest absolute Gasteiger partial charge is 0.0693 e. The molecule has 0 fully saturated rings. The highest BCUT2D eigenvalue weighted by molar-refractivity contribution is 6.31. The van der Waals surface area contributed by atoms with E-state index in [0.717, 1.165) is 35.2 Å². The van der Waals surface area contributed by atoms with Crippen LogP contribution >= 0.6 is 11.6 Å². The lowest BCUT2D eigenvalue weighted by atomic mass is 10.0. The van der Waals surface area contributed by atoms with Gasteiger partial charge in [-0.3, -0.25) is 0 Å². The summed E-state index contributed by atoms with van der Waals surface area (Å²) in [5.74, 6) is 0. The van der Waals surface area contributed by atoms with Gasteiger partial charge in [-0.25, -0.2) is 0 Å². The summed E-state index contributed by atoms with van der Waals surface area (Å²) < 4.78 is 0. The zero-order chi connectivity index (χ0) is 18.6. The number of hydrogen-bond acceptors (Lipinski definition) is 2. The third-order valence-corrected chi connectivity index (χ3v) is 4.96. The normalized spacial score (nSPS) is 12.2. The number of halogens is 1. The molecule has 0 spiro atoms. The van der Waals surface area contributed by atoms with Gasteiger partial charge in [0.05, 0.1) is 11.2 Å². The van der Waals surface area contributed by atoms with Crippen LogP contribution in [0.4, 0.5) is 5.69 Å². The van der Waals surface area contributed by atoms with Gasteiger partial charge in [0.2, 0.25) is 0 Å². The molecule has 0 amide bonds. The van der Waals surface area contributed by atoms with E-state index in [2.05, 4.69) is 40.6 Å². The lowest BCUT2D eigenvalue weighted by Gasteiger charge is -2.10. The fourth-order valence-corrected chi connectivity index (χ4v) is 3.57. The molecule has 4 rings (SSSR count). The van der Waals surface area contributed by atoms with Crippen LogP contribution in [0.15, 0.2) is 78.9 Å². The summed E-state index contributed by atoms with van der Waals surface area (Å²) >= 11 is 6.34. The first-order chi connectivity index (χ1) is 13.2. The Morgan fingerprint density at radius 2 is 1.56 bits per heavy atom. The molecule has 4 N–H and O–H groups in total. The second-order valence-electron chi connectivity index (χ2n) is 6.78. The molecule has 1 aromatic heterocycles. The van der Waals surface area contributed by atoms with Crippen LogP contribution in [0, 0.1) is 0 Å². The van der Waals surface area contributed by atoms with Crippen LogP contribution in [-0.4, -0.2) is 4.98 Å². The SMILES string of the molecule is N[C@@H](Cc1ccccc1)c1cc2cc(Cl)cc(NCc3ccccc3)c2[nH]1. The van der Waals surface area contributed by atoms with Gasteiger partial charge in [0.25, 0.3) is 0 Å². The number of hydrogen-bond donors (Lipinski definition) is 3. The number of nitrogens with two attached hydrogens (primary N) is 1. The van der Waals surface area contributed by atoms with E-state index in [1.807, 2.05) is 48.5 Å². The maximum atomic E-state index is 6.46. The van der Waals surface area contributed by atoms with Gasteiger partial charge in [-0.1, -0.05) is 72.3 Å². The minimum absolute atomic E-state index is 0.0967. The molecular formula is C23H22ClN3. The summed E-state index contributed by atoms with van der Waals surface area (Å²) in [5, 5.41) is 5.27. The van der Waals surface area contributed by atoms with Gasteiger partial charge >= 0.3 is 0 Å². The van der Waals surface area contributed by atoms with Crippen molar-refractivity contribution in [3.8, 4) is 0 Å². The van der Waals surface area contributed by atoms with Gasteiger partial charge in [0.15, 0.2) is 0 Å². The average molecular weight is 376 g/mol. The van der Waals surface area contributed by atoms with Crippen molar-refractivity contribution >= 4 is 28.2 Å². The molecule has 136 valence electrons. The quantitative estimate of drug-likeness (QED) is 0.406. The number of anilines is 1. The molecule has 0 bridgehead atoms. The largest absolute Gasteiger partial charge is 0.379 e. The summed E-state index contributed by atoms with van der Waals surface area (Å²) in [4.78, 5) is 3.50. The van der Waals surface area contributed by atoms with Crippen molar-refractivity contribution in [3.05, 3.63) is 101 Å². The molecule has 0 unspecified atom stereocenters. The van der Waals surface area contributed by atoms with Crippen molar-refractivity contribution < 1.29 is 0 Å². The summed E-state index contributed by atoms with van der Waals surface area (Å²) in [7, 11) is 0. The Balaban J connectivity index is 1.59. The summed E-state index contributed by atoms with van der Waals surface area (Å²) in [5.41, 5.74) is 11.9. The first-order valence-electron chi connectivity index (χ1n) is 9.08. The fraction of sp³-hybridized carbons (Fsp3) is 0.130. The third-order valence-electron chi connectivity index (χ3n) is 4.74. The van der Waals surface area contributed by atoms with Crippen LogP contribution in [0.5, 0.6) is 0 Å². The zero-order valence-corrected chi connectivity index (χ0v) is 15.7. The van der Waals surface area contributed by atoms with Crippen molar-refractivity contribution in [2.75, 3.05) is 5.32 Å². The molecular weight excluding hydrogens is 354 g/mol. The zero-order valence-electron chi connectivity index (χ0n) is 15.0. The van der Waals surface area contributed by atoms with Crippen LogP contribution in [0.25, 0.3) is 10.9 Å². The van der Waals surface area contributed by atoms with Gasteiger partial charge in [-0.2, -0.15) is 0 Å². The second-order valence-corrected chi connectivity index (χ2v) is 7.21. The van der Waals surface area contributed by atoms with Crippen LogP contribution in [0.1, 0.15) is 22.9 Å². The summed E-state index contributed by atoms with van der Waals surface area (Å²) in [6.45, 7) is 0.737. The van der Waals surface area contributed by atoms with Gasteiger partial charge < -0.3 is 16.0 Å². The highest BCUT2D eigenvalue weighted by Crippen LogP contribution is 2.30. The van der Waals surface area contributed by atoms with Crippen LogP contribution in [-0.2, 0) is 13.0 Å². The molecule has 1 heterocycles. The Bertz CT molecular complexity index is 1030. The lowest BCUT2D eigenvalue weighted by molar-refractivity contribution is 0.704. The molecule has 0 radical (unpaired) electrons. The van der Waals surface area contributed by atoms with Crippen LogP contribution < -0.4 is 11.1 Å². The van der Waals surface area contributed by atoms with Crippen molar-refractivity contribution in [2.45, 2.75) is 19.0 Å². The number of rotatable bonds is 6.